The van der Waals surface area contributed by atoms with E-state index in [0.717, 1.165) is 39.2 Å². The molecule has 0 spiro atoms. The molecule has 0 saturated carbocycles. The Hall–Kier alpha value is -3.66. The van der Waals surface area contributed by atoms with Crippen molar-refractivity contribution in [2.75, 3.05) is 5.32 Å². The average molecular weight is 472 g/mol. The van der Waals surface area contributed by atoms with Crippen molar-refractivity contribution in [3.05, 3.63) is 83.3 Å². The number of hydrogen-bond donors (Lipinski definition) is 1. The fourth-order valence-electron chi connectivity index (χ4n) is 3.64. The molecule has 1 amide bonds. The lowest BCUT2D eigenvalue weighted by molar-refractivity contribution is -0.143. The van der Waals surface area contributed by atoms with Crippen LogP contribution in [-0.4, -0.2) is 25.2 Å². The summed E-state index contributed by atoms with van der Waals surface area (Å²) in [6, 6.07) is 9.83. The number of amides is 1. The highest BCUT2D eigenvalue weighted by molar-refractivity contribution is 7.14. The molecule has 6 nitrogen and oxygen atoms in total. The van der Waals surface area contributed by atoms with Crippen LogP contribution in [0.3, 0.4) is 0 Å². The summed E-state index contributed by atoms with van der Waals surface area (Å²) in [5.74, 6) is -0.928. The molecule has 0 radical (unpaired) electrons. The van der Waals surface area contributed by atoms with Gasteiger partial charge < -0.3 is 4.57 Å². The molecule has 170 valence electrons. The van der Waals surface area contributed by atoms with Crippen LogP contribution in [0.1, 0.15) is 27.4 Å². The molecular weight excluding hydrogens is 451 g/mol. The second kappa shape index (κ2) is 8.70. The van der Waals surface area contributed by atoms with Crippen molar-refractivity contribution >= 4 is 22.4 Å². The zero-order chi connectivity index (χ0) is 23.8. The number of halogens is 3. The molecule has 10 heteroatoms. The largest absolute Gasteiger partial charge is 0.434 e. The van der Waals surface area contributed by atoms with Gasteiger partial charge in [0.2, 0.25) is 0 Å². The predicted octanol–water partition coefficient (Wildman–Crippen LogP) is 5.87. The maximum atomic E-state index is 13.8. The Balaban J connectivity index is 1.63. The Morgan fingerprint density at radius 1 is 1.24 bits per heavy atom. The number of allylic oxidation sites excluding steroid dienone is 1. The van der Waals surface area contributed by atoms with Gasteiger partial charge in [0.1, 0.15) is 0 Å². The Morgan fingerprint density at radius 3 is 2.64 bits per heavy atom. The molecule has 4 rings (SSSR count). The third kappa shape index (κ3) is 4.34. The molecular formula is C23H20F3N5OS. The number of aryl methyl sites for hydroxylation is 1. The minimum absolute atomic E-state index is 0.198. The highest BCUT2D eigenvalue weighted by Gasteiger charge is 2.40. The summed E-state index contributed by atoms with van der Waals surface area (Å²) in [7, 11) is 0. The van der Waals surface area contributed by atoms with Crippen LogP contribution >= 0.6 is 11.3 Å². The predicted molar refractivity (Wildman–Crippen MR) is 122 cm³/mol. The van der Waals surface area contributed by atoms with Crippen molar-refractivity contribution in [2.45, 2.75) is 26.6 Å². The summed E-state index contributed by atoms with van der Waals surface area (Å²) < 4.78 is 44.3. The number of anilines is 1. The first-order chi connectivity index (χ1) is 15.7. The lowest BCUT2D eigenvalue weighted by atomic mass is 10.2. The van der Waals surface area contributed by atoms with Crippen molar-refractivity contribution < 1.29 is 18.0 Å². The third-order valence-electron chi connectivity index (χ3n) is 5.17. The van der Waals surface area contributed by atoms with Crippen LogP contribution in [0.15, 0.2) is 60.6 Å². The Kier molecular flexibility index (Phi) is 5.94. The van der Waals surface area contributed by atoms with Crippen molar-refractivity contribution in [3.8, 4) is 16.9 Å². The lowest BCUT2D eigenvalue weighted by Crippen LogP contribution is -2.20. The van der Waals surface area contributed by atoms with Gasteiger partial charge in [0.25, 0.3) is 5.91 Å². The number of aromatic nitrogens is 4. The van der Waals surface area contributed by atoms with Gasteiger partial charge in [-0.3, -0.25) is 10.1 Å². The summed E-state index contributed by atoms with van der Waals surface area (Å²) in [5, 5.41) is 8.26. The standard InChI is InChI=1S/C23H20F3N5OS/c1-4-10-30-14(2)11-17(15(30)3)19-13-33-22(28-19)29-21(32)18-12-27-31(20(18)23(24,25)26)16-8-6-5-7-9-16/h4-9,11-13H,1,10H2,2-3H3,(H,28,29,32). The summed E-state index contributed by atoms with van der Waals surface area (Å²) in [5.41, 5.74) is 2.02. The van der Waals surface area contributed by atoms with E-state index in [1.165, 1.54) is 12.1 Å². The van der Waals surface area contributed by atoms with Crippen LogP contribution in [0.2, 0.25) is 0 Å². The molecule has 1 N–H and O–H groups in total. The number of nitrogens with zero attached hydrogens (tertiary/aromatic N) is 4. The zero-order valence-electron chi connectivity index (χ0n) is 17.8. The lowest BCUT2D eigenvalue weighted by Gasteiger charge is -2.12. The molecule has 0 unspecified atom stereocenters. The monoisotopic (exact) mass is 471 g/mol. The van der Waals surface area contributed by atoms with E-state index in [2.05, 4.69) is 26.5 Å². The molecule has 3 aromatic heterocycles. The maximum Gasteiger partial charge on any atom is 0.434 e. The molecule has 1 aromatic carbocycles. The first-order valence-corrected chi connectivity index (χ1v) is 10.8. The van der Waals surface area contributed by atoms with Gasteiger partial charge in [-0.2, -0.15) is 18.3 Å². The van der Waals surface area contributed by atoms with Crippen LogP contribution in [0.4, 0.5) is 18.3 Å². The van der Waals surface area contributed by atoms with E-state index in [1.807, 2.05) is 19.9 Å². The average Bonchev–Trinajstić information content (AvgIpc) is 3.48. The van der Waals surface area contributed by atoms with Crippen molar-refractivity contribution in [2.24, 2.45) is 0 Å². The van der Waals surface area contributed by atoms with Crippen molar-refractivity contribution in [1.29, 1.82) is 0 Å². The topological polar surface area (TPSA) is 64.7 Å². The summed E-state index contributed by atoms with van der Waals surface area (Å²) in [4.78, 5) is 17.2. The summed E-state index contributed by atoms with van der Waals surface area (Å²) in [6.07, 6.45) is -2.07. The number of thiazole rings is 1. The Morgan fingerprint density at radius 2 is 1.97 bits per heavy atom. The number of hydrogen-bond acceptors (Lipinski definition) is 4. The maximum absolute atomic E-state index is 13.8. The highest BCUT2D eigenvalue weighted by Crippen LogP contribution is 2.35. The van der Waals surface area contributed by atoms with Crippen LogP contribution in [0.5, 0.6) is 0 Å². The molecule has 0 aliphatic carbocycles. The molecule has 3 heterocycles. The van der Waals surface area contributed by atoms with E-state index in [0.29, 0.717) is 12.2 Å². The molecule has 0 fully saturated rings. The van der Waals surface area contributed by atoms with Crippen LogP contribution < -0.4 is 5.32 Å². The van der Waals surface area contributed by atoms with Crippen LogP contribution in [0, 0.1) is 13.8 Å². The summed E-state index contributed by atoms with van der Waals surface area (Å²) >= 11 is 1.14. The van der Waals surface area contributed by atoms with E-state index in [4.69, 9.17) is 0 Å². The minimum Gasteiger partial charge on any atom is -0.345 e. The number of para-hydroxylation sites is 1. The Bertz CT molecular complexity index is 1320. The molecule has 0 atom stereocenters. The van der Waals surface area contributed by atoms with Crippen molar-refractivity contribution in [1.82, 2.24) is 19.3 Å². The molecule has 0 saturated heterocycles. The van der Waals surface area contributed by atoms with E-state index < -0.39 is 23.3 Å². The second-order valence-electron chi connectivity index (χ2n) is 7.33. The zero-order valence-corrected chi connectivity index (χ0v) is 18.7. The number of nitrogens with one attached hydrogen (secondary N) is 1. The van der Waals surface area contributed by atoms with E-state index in [-0.39, 0.29) is 10.8 Å². The number of alkyl halides is 3. The molecule has 4 aromatic rings. The Labute approximate surface area is 192 Å². The molecule has 33 heavy (non-hydrogen) atoms. The van der Waals surface area contributed by atoms with Crippen LogP contribution in [-0.2, 0) is 12.7 Å². The molecule has 0 bridgehead atoms. The van der Waals surface area contributed by atoms with Gasteiger partial charge in [0.05, 0.1) is 23.1 Å². The van der Waals surface area contributed by atoms with Gasteiger partial charge in [-0.25, -0.2) is 9.67 Å². The fourth-order valence-corrected chi connectivity index (χ4v) is 4.35. The van der Waals surface area contributed by atoms with Crippen LogP contribution in [0.25, 0.3) is 16.9 Å². The number of benzene rings is 1. The summed E-state index contributed by atoms with van der Waals surface area (Å²) in [6.45, 7) is 8.34. The molecule has 0 aliphatic heterocycles. The van der Waals surface area contributed by atoms with Gasteiger partial charge in [0, 0.05) is 28.9 Å². The fraction of sp³-hybridized carbons (Fsp3) is 0.174. The van der Waals surface area contributed by atoms with Gasteiger partial charge >= 0.3 is 6.18 Å². The number of carbonyl (C=O) groups excluding carboxylic acids is 1. The number of carbonyl (C=O) groups is 1. The van der Waals surface area contributed by atoms with Gasteiger partial charge in [-0.15, -0.1) is 17.9 Å². The van der Waals surface area contributed by atoms with Gasteiger partial charge in [-0.05, 0) is 32.0 Å². The first-order valence-electron chi connectivity index (χ1n) is 9.96. The molecule has 0 aliphatic rings. The minimum atomic E-state index is -4.78. The third-order valence-corrected chi connectivity index (χ3v) is 5.93. The smallest absolute Gasteiger partial charge is 0.345 e. The first kappa shape index (κ1) is 22.5. The second-order valence-corrected chi connectivity index (χ2v) is 8.19. The van der Waals surface area contributed by atoms with Gasteiger partial charge in [0.15, 0.2) is 10.8 Å². The van der Waals surface area contributed by atoms with E-state index in [1.54, 1.807) is 29.7 Å². The quantitative estimate of drug-likeness (QED) is 0.358. The van der Waals surface area contributed by atoms with E-state index in [9.17, 15) is 18.0 Å². The highest BCUT2D eigenvalue weighted by atomic mass is 32.1. The van der Waals surface area contributed by atoms with Crippen molar-refractivity contribution in [3.63, 3.8) is 0 Å². The van der Waals surface area contributed by atoms with Gasteiger partial charge in [-0.1, -0.05) is 24.3 Å². The number of rotatable bonds is 6. The van der Waals surface area contributed by atoms with E-state index >= 15 is 0 Å². The SMILES string of the molecule is C=CCn1c(C)cc(-c2csc(NC(=O)c3cnn(-c4ccccc4)c3C(F)(F)F)n2)c1C. The normalized spacial score (nSPS) is 11.5.